The molecule has 0 amide bonds. The van der Waals surface area contributed by atoms with Crippen molar-refractivity contribution in [2.24, 2.45) is 5.92 Å². The van der Waals surface area contributed by atoms with E-state index in [1.54, 1.807) is 0 Å². The average Bonchev–Trinajstić information content (AvgIpc) is 2.35. The summed E-state index contributed by atoms with van der Waals surface area (Å²) in [5, 5.41) is 5.46. The molecule has 0 saturated carbocycles. The van der Waals surface area contributed by atoms with Crippen molar-refractivity contribution in [3.05, 3.63) is 35.5 Å². The molecule has 0 saturated heterocycles. The third-order valence-electron chi connectivity index (χ3n) is 3.29. The van der Waals surface area contributed by atoms with Gasteiger partial charge in [-0.2, -0.15) is 0 Å². The van der Waals surface area contributed by atoms with Crippen LogP contribution in [0.25, 0.3) is 10.9 Å². The maximum atomic E-state index is 5.99. The zero-order valence-electron chi connectivity index (χ0n) is 11.1. The fourth-order valence-electron chi connectivity index (χ4n) is 2.19. The van der Waals surface area contributed by atoms with Crippen molar-refractivity contribution in [2.75, 3.05) is 5.32 Å². The predicted molar refractivity (Wildman–Crippen MR) is 79.3 cm³/mol. The number of nitrogens with one attached hydrogen (secondary N) is 1. The Bertz CT molecular complexity index is 537. The number of benzene rings is 1. The van der Waals surface area contributed by atoms with Gasteiger partial charge in [-0.1, -0.05) is 32.4 Å². The summed E-state index contributed by atoms with van der Waals surface area (Å²) in [5.74, 6) is 0.602. The van der Waals surface area contributed by atoms with Crippen molar-refractivity contribution >= 4 is 28.2 Å². The predicted octanol–water partition coefficient (Wildman–Crippen LogP) is 4.73. The Hall–Kier alpha value is -1.28. The van der Waals surface area contributed by atoms with Crippen LogP contribution >= 0.6 is 11.6 Å². The van der Waals surface area contributed by atoms with E-state index in [1.807, 2.05) is 30.5 Å². The summed E-state index contributed by atoms with van der Waals surface area (Å²) in [4.78, 5) is 4.36. The molecule has 1 aromatic heterocycles. The molecule has 0 bridgehead atoms. The number of pyridine rings is 1. The topological polar surface area (TPSA) is 24.9 Å². The Morgan fingerprint density at radius 3 is 2.72 bits per heavy atom. The van der Waals surface area contributed by atoms with Crippen LogP contribution in [-0.2, 0) is 0 Å². The minimum atomic E-state index is 0.478. The number of halogens is 1. The highest BCUT2D eigenvalue weighted by molar-refractivity contribution is 6.31. The number of rotatable bonds is 4. The van der Waals surface area contributed by atoms with Crippen LogP contribution in [0.5, 0.6) is 0 Å². The van der Waals surface area contributed by atoms with E-state index in [4.69, 9.17) is 11.6 Å². The zero-order chi connectivity index (χ0) is 13.1. The van der Waals surface area contributed by atoms with Gasteiger partial charge >= 0.3 is 0 Å². The fourth-order valence-corrected chi connectivity index (χ4v) is 2.35. The third-order valence-corrected chi connectivity index (χ3v) is 3.53. The minimum Gasteiger partial charge on any atom is -0.381 e. The Kier molecular flexibility index (Phi) is 4.07. The maximum absolute atomic E-state index is 5.99. The van der Waals surface area contributed by atoms with E-state index in [1.165, 1.54) is 0 Å². The molecule has 1 N–H and O–H groups in total. The number of nitrogens with zero attached hydrogens (tertiary/aromatic N) is 1. The van der Waals surface area contributed by atoms with Crippen molar-refractivity contribution in [3.63, 3.8) is 0 Å². The maximum Gasteiger partial charge on any atom is 0.0737 e. The van der Waals surface area contributed by atoms with Gasteiger partial charge in [-0.3, -0.25) is 4.98 Å². The monoisotopic (exact) mass is 262 g/mol. The number of anilines is 1. The lowest BCUT2D eigenvalue weighted by atomic mass is 10.0. The molecule has 2 rings (SSSR count). The molecule has 0 aliphatic carbocycles. The second kappa shape index (κ2) is 5.57. The SMILES string of the molecule is CCC(Nc1ccnc2cc(Cl)ccc12)C(C)C. The van der Waals surface area contributed by atoms with Crippen molar-refractivity contribution in [1.82, 2.24) is 4.98 Å². The van der Waals surface area contributed by atoms with Crippen molar-refractivity contribution < 1.29 is 0 Å². The molecule has 2 nitrogen and oxygen atoms in total. The van der Waals surface area contributed by atoms with Crippen LogP contribution in [0.15, 0.2) is 30.5 Å². The molecule has 3 heteroatoms. The lowest BCUT2D eigenvalue weighted by Gasteiger charge is -2.22. The highest BCUT2D eigenvalue weighted by Crippen LogP contribution is 2.26. The average molecular weight is 263 g/mol. The molecule has 0 aliphatic rings. The summed E-state index contributed by atoms with van der Waals surface area (Å²) in [6.07, 6.45) is 2.93. The van der Waals surface area contributed by atoms with E-state index < -0.39 is 0 Å². The van der Waals surface area contributed by atoms with Crippen LogP contribution < -0.4 is 5.32 Å². The van der Waals surface area contributed by atoms with Crippen molar-refractivity contribution in [2.45, 2.75) is 33.2 Å². The lowest BCUT2D eigenvalue weighted by molar-refractivity contribution is 0.511. The van der Waals surface area contributed by atoms with Gasteiger partial charge < -0.3 is 5.32 Å². The number of hydrogen-bond donors (Lipinski definition) is 1. The third kappa shape index (κ3) is 2.75. The van der Waals surface area contributed by atoms with Gasteiger partial charge in [-0.05, 0) is 36.6 Å². The first-order chi connectivity index (χ1) is 8.61. The largest absolute Gasteiger partial charge is 0.381 e. The summed E-state index contributed by atoms with van der Waals surface area (Å²) < 4.78 is 0. The molecule has 0 fully saturated rings. The normalized spacial score (nSPS) is 12.9. The Balaban J connectivity index is 2.39. The van der Waals surface area contributed by atoms with E-state index in [2.05, 4.69) is 31.1 Å². The molecule has 0 radical (unpaired) electrons. The minimum absolute atomic E-state index is 0.478. The Morgan fingerprint density at radius 1 is 1.28 bits per heavy atom. The van der Waals surface area contributed by atoms with Crippen molar-refractivity contribution in [3.8, 4) is 0 Å². The van der Waals surface area contributed by atoms with E-state index in [9.17, 15) is 0 Å². The van der Waals surface area contributed by atoms with Gasteiger partial charge in [-0.15, -0.1) is 0 Å². The first-order valence-corrected chi connectivity index (χ1v) is 6.80. The summed E-state index contributed by atoms with van der Waals surface area (Å²) in [5.41, 5.74) is 2.07. The molecule has 1 heterocycles. The van der Waals surface area contributed by atoms with Gasteiger partial charge in [0.1, 0.15) is 0 Å². The van der Waals surface area contributed by atoms with E-state index >= 15 is 0 Å². The number of aromatic nitrogens is 1. The smallest absolute Gasteiger partial charge is 0.0737 e. The van der Waals surface area contributed by atoms with E-state index in [0.717, 1.165) is 28.0 Å². The first kappa shape index (κ1) is 13.2. The van der Waals surface area contributed by atoms with Gasteiger partial charge in [0.05, 0.1) is 5.52 Å². The molecule has 96 valence electrons. The van der Waals surface area contributed by atoms with Crippen LogP contribution in [0.3, 0.4) is 0 Å². The molecule has 0 aliphatic heterocycles. The summed E-state index contributed by atoms with van der Waals surface area (Å²) in [6.45, 7) is 6.68. The standard InChI is InChI=1S/C15H19ClN2/c1-4-13(10(2)3)18-14-7-8-17-15-9-11(16)5-6-12(14)15/h5-10,13H,4H2,1-3H3,(H,17,18). The van der Waals surface area contributed by atoms with Crippen LogP contribution in [0.2, 0.25) is 5.02 Å². The van der Waals surface area contributed by atoms with Gasteiger partial charge in [0.2, 0.25) is 0 Å². The van der Waals surface area contributed by atoms with Gasteiger partial charge in [0.25, 0.3) is 0 Å². The second-order valence-corrected chi connectivity index (χ2v) is 5.36. The first-order valence-electron chi connectivity index (χ1n) is 6.42. The molecular weight excluding hydrogens is 244 g/mol. The van der Waals surface area contributed by atoms with Crippen LogP contribution in [0, 0.1) is 5.92 Å². The summed E-state index contributed by atoms with van der Waals surface area (Å²) in [7, 11) is 0. The lowest BCUT2D eigenvalue weighted by Crippen LogP contribution is -2.24. The molecule has 1 unspecified atom stereocenters. The Labute approximate surface area is 113 Å². The van der Waals surface area contributed by atoms with Crippen LogP contribution in [0.1, 0.15) is 27.2 Å². The molecular formula is C15H19ClN2. The Morgan fingerprint density at radius 2 is 2.06 bits per heavy atom. The molecule has 2 aromatic rings. The molecule has 1 aromatic carbocycles. The molecule has 1 atom stereocenters. The molecule has 0 spiro atoms. The van der Waals surface area contributed by atoms with Crippen LogP contribution in [-0.4, -0.2) is 11.0 Å². The van der Waals surface area contributed by atoms with Crippen molar-refractivity contribution in [1.29, 1.82) is 0 Å². The number of hydrogen-bond acceptors (Lipinski definition) is 2. The zero-order valence-corrected chi connectivity index (χ0v) is 11.8. The van der Waals surface area contributed by atoms with Gasteiger partial charge in [-0.25, -0.2) is 0 Å². The molecule has 18 heavy (non-hydrogen) atoms. The quantitative estimate of drug-likeness (QED) is 0.861. The van der Waals surface area contributed by atoms with Gasteiger partial charge in [0.15, 0.2) is 0 Å². The van der Waals surface area contributed by atoms with E-state index in [0.29, 0.717) is 12.0 Å². The number of fused-ring (bicyclic) bond motifs is 1. The second-order valence-electron chi connectivity index (χ2n) is 4.92. The fraction of sp³-hybridized carbons (Fsp3) is 0.400. The summed E-state index contributed by atoms with van der Waals surface area (Å²) >= 11 is 5.99. The van der Waals surface area contributed by atoms with Crippen LogP contribution in [0.4, 0.5) is 5.69 Å². The summed E-state index contributed by atoms with van der Waals surface area (Å²) in [6, 6.07) is 8.35. The van der Waals surface area contributed by atoms with Gasteiger partial charge in [0, 0.05) is 28.3 Å². The highest BCUT2D eigenvalue weighted by Gasteiger charge is 2.12. The van der Waals surface area contributed by atoms with E-state index in [-0.39, 0.29) is 0 Å². The highest BCUT2D eigenvalue weighted by atomic mass is 35.5.